The molecule has 0 fully saturated rings. The van der Waals surface area contributed by atoms with E-state index in [2.05, 4.69) is 42.7 Å². The van der Waals surface area contributed by atoms with Crippen molar-refractivity contribution < 1.29 is 0 Å². The summed E-state index contributed by atoms with van der Waals surface area (Å²) >= 11 is 8.74. The highest BCUT2D eigenvalue weighted by Gasteiger charge is 2.24. The second-order valence-electron chi connectivity index (χ2n) is 2.60. The van der Waals surface area contributed by atoms with Crippen molar-refractivity contribution in [3.8, 4) is 0 Å². The Labute approximate surface area is 77.0 Å². The van der Waals surface area contributed by atoms with Crippen LogP contribution in [-0.2, 0) is 0 Å². The maximum absolute atomic E-state index is 4.37. The standard InChI is InChI=1S/C8H9NS2/c10-7-5-3-1-2-4-6(5)8(11)9-7/h1-4,7-11H. The summed E-state index contributed by atoms with van der Waals surface area (Å²) < 4.78 is 0. The van der Waals surface area contributed by atoms with Crippen molar-refractivity contribution >= 4 is 25.3 Å². The van der Waals surface area contributed by atoms with E-state index in [0.717, 1.165) is 0 Å². The lowest BCUT2D eigenvalue weighted by molar-refractivity contribution is 0.740. The van der Waals surface area contributed by atoms with Crippen LogP contribution in [-0.4, -0.2) is 0 Å². The largest absolute Gasteiger partial charge is 0.286 e. The number of fused-ring (bicyclic) bond motifs is 1. The Hall–Kier alpha value is -0.120. The zero-order valence-corrected chi connectivity index (χ0v) is 7.65. The molecular formula is C8H9NS2. The SMILES string of the molecule is SC1NC(S)c2ccccc21. The van der Waals surface area contributed by atoms with Crippen molar-refractivity contribution in [2.24, 2.45) is 0 Å². The molecule has 0 aromatic heterocycles. The molecule has 1 aliphatic heterocycles. The monoisotopic (exact) mass is 183 g/mol. The van der Waals surface area contributed by atoms with Gasteiger partial charge in [0.25, 0.3) is 0 Å². The number of hydrogen-bond acceptors (Lipinski definition) is 3. The van der Waals surface area contributed by atoms with Crippen LogP contribution in [0.25, 0.3) is 0 Å². The van der Waals surface area contributed by atoms with Crippen molar-refractivity contribution in [3.05, 3.63) is 35.4 Å². The van der Waals surface area contributed by atoms with Gasteiger partial charge in [-0.25, -0.2) is 0 Å². The third-order valence-electron chi connectivity index (χ3n) is 1.90. The molecule has 3 heteroatoms. The molecule has 2 unspecified atom stereocenters. The number of benzene rings is 1. The zero-order chi connectivity index (χ0) is 7.84. The Morgan fingerprint density at radius 1 is 1.00 bits per heavy atom. The van der Waals surface area contributed by atoms with Crippen LogP contribution in [0.3, 0.4) is 0 Å². The van der Waals surface area contributed by atoms with Crippen molar-refractivity contribution in [1.29, 1.82) is 0 Å². The van der Waals surface area contributed by atoms with E-state index in [1.807, 2.05) is 12.1 Å². The lowest BCUT2D eigenvalue weighted by Crippen LogP contribution is -2.08. The molecule has 58 valence electrons. The molecule has 0 saturated carbocycles. The van der Waals surface area contributed by atoms with E-state index in [0.29, 0.717) is 0 Å². The first-order valence-corrected chi connectivity index (χ1v) is 4.53. The second-order valence-corrected chi connectivity index (χ2v) is 3.63. The van der Waals surface area contributed by atoms with Crippen LogP contribution >= 0.6 is 25.3 Å². The first-order valence-electron chi connectivity index (χ1n) is 3.50. The Morgan fingerprint density at radius 3 is 1.91 bits per heavy atom. The van der Waals surface area contributed by atoms with Gasteiger partial charge < -0.3 is 0 Å². The molecule has 0 aliphatic carbocycles. The molecule has 0 radical (unpaired) electrons. The number of thiol groups is 2. The van der Waals surface area contributed by atoms with E-state index >= 15 is 0 Å². The first kappa shape index (κ1) is 7.53. The Kier molecular flexibility index (Phi) is 1.87. The Morgan fingerprint density at radius 2 is 1.45 bits per heavy atom. The molecule has 1 aromatic rings. The highest BCUT2D eigenvalue weighted by Crippen LogP contribution is 2.36. The average Bonchev–Trinajstić information content (AvgIpc) is 2.30. The van der Waals surface area contributed by atoms with Gasteiger partial charge in [0.2, 0.25) is 0 Å². The second kappa shape index (κ2) is 2.73. The average molecular weight is 183 g/mol. The van der Waals surface area contributed by atoms with Gasteiger partial charge >= 0.3 is 0 Å². The third-order valence-corrected chi connectivity index (χ3v) is 2.76. The minimum absolute atomic E-state index is 0.147. The predicted molar refractivity (Wildman–Crippen MR) is 53.0 cm³/mol. The summed E-state index contributed by atoms with van der Waals surface area (Å²) in [5, 5.41) is 3.50. The molecular weight excluding hydrogens is 174 g/mol. The summed E-state index contributed by atoms with van der Waals surface area (Å²) in [6, 6.07) is 8.21. The van der Waals surface area contributed by atoms with Gasteiger partial charge in [0.1, 0.15) is 0 Å². The molecule has 1 nitrogen and oxygen atoms in total. The van der Waals surface area contributed by atoms with E-state index in [1.54, 1.807) is 0 Å². The van der Waals surface area contributed by atoms with Crippen LogP contribution in [0.4, 0.5) is 0 Å². The van der Waals surface area contributed by atoms with E-state index in [9.17, 15) is 0 Å². The van der Waals surface area contributed by atoms with Crippen molar-refractivity contribution in [3.63, 3.8) is 0 Å². The van der Waals surface area contributed by atoms with E-state index in [1.165, 1.54) is 11.1 Å². The lowest BCUT2D eigenvalue weighted by Gasteiger charge is -2.02. The minimum atomic E-state index is 0.147. The van der Waals surface area contributed by atoms with Gasteiger partial charge in [-0.15, -0.1) is 0 Å². The predicted octanol–water partition coefficient (Wildman–Crippen LogP) is 2.15. The fraction of sp³-hybridized carbons (Fsp3) is 0.250. The lowest BCUT2D eigenvalue weighted by atomic mass is 10.1. The van der Waals surface area contributed by atoms with E-state index in [4.69, 9.17) is 0 Å². The fourth-order valence-electron chi connectivity index (χ4n) is 1.34. The van der Waals surface area contributed by atoms with Gasteiger partial charge in [-0.05, 0) is 11.1 Å². The van der Waals surface area contributed by atoms with Crippen LogP contribution in [0.5, 0.6) is 0 Å². The molecule has 11 heavy (non-hydrogen) atoms. The van der Waals surface area contributed by atoms with Crippen LogP contribution in [0.15, 0.2) is 24.3 Å². The number of hydrogen-bond donors (Lipinski definition) is 3. The maximum Gasteiger partial charge on any atom is 0.0774 e. The van der Waals surface area contributed by atoms with Crippen LogP contribution in [0.2, 0.25) is 0 Å². The zero-order valence-electron chi connectivity index (χ0n) is 5.86. The number of nitrogens with one attached hydrogen (secondary N) is 1. The van der Waals surface area contributed by atoms with E-state index in [-0.39, 0.29) is 10.7 Å². The minimum Gasteiger partial charge on any atom is -0.286 e. The molecule has 0 amide bonds. The Balaban J connectivity index is 2.52. The molecule has 0 spiro atoms. The molecule has 0 bridgehead atoms. The van der Waals surface area contributed by atoms with Crippen molar-refractivity contribution in [2.45, 2.75) is 10.7 Å². The smallest absolute Gasteiger partial charge is 0.0774 e. The van der Waals surface area contributed by atoms with Gasteiger partial charge in [0, 0.05) is 0 Å². The first-order chi connectivity index (χ1) is 5.29. The summed E-state index contributed by atoms with van der Waals surface area (Å²) in [6.07, 6.45) is 0. The van der Waals surface area contributed by atoms with Crippen molar-refractivity contribution in [2.75, 3.05) is 0 Å². The summed E-state index contributed by atoms with van der Waals surface area (Å²) in [7, 11) is 0. The summed E-state index contributed by atoms with van der Waals surface area (Å²) in [5.74, 6) is 0. The third kappa shape index (κ3) is 1.17. The van der Waals surface area contributed by atoms with Crippen LogP contribution in [0.1, 0.15) is 21.9 Å². The fourth-order valence-corrected chi connectivity index (χ4v) is 2.22. The number of rotatable bonds is 0. The molecule has 1 aromatic carbocycles. The summed E-state index contributed by atoms with van der Waals surface area (Å²) in [5.41, 5.74) is 2.49. The molecule has 1 heterocycles. The van der Waals surface area contributed by atoms with Gasteiger partial charge in [0.15, 0.2) is 0 Å². The summed E-state index contributed by atoms with van der Waals surface area (Å²) in [4.78, 5) is 0. The van der Waals surface area contributed by atoms with Gasteiger partial charge in [0.05, 0.1) is 10.7 Å². The molecule has 2 rings (SSSR count). The van der Waals surface area contributed by atoms with E-state index < -0.39 is 0 Å². The van der Waals surface area contributed by atoms with Crippen molar-refractivity contribution in [1.82, 2.24) is 5.32 Å². The Bertz CT molecular complexity index is 248. The molecule has 1 aliphatic rings. The topological polar surface area (TPSA) is 12.0 Å². The van der Waals surface area contributed by atoms with Crippen LogP contribution in [0, 0.1) is 0 Å². The maximum atomic E-state index is 4.37. The molecule has 1 N–H and O–H groups in total. The van der Waals surface area contributed by atoms with Crippen LogP contribution < -0.4 is 5.32 Å². The molecule has 0 saturated heterocycles. The quantitative estimate of drug-likeness (QED) is 0.524. The van der Waals surface area contributed by atoms with Gasteiger partial charge in [-0.3, -0.25) is 5.32 Å². The highest BCUT2D eigenvalue weighted by atomic mass is 32.1. The summed E-state index contributed by atoms with van der Waals surface area (Å²) in [6.45, 7) is 0. The molecule has 2 atom stereocenters. The van der Waals surface area contributed by atoms with Gasteiger partial charge in [-0.2, -0.15) is 25.3 Å². The van der Waals surface area contributed by atoms with Gasteiger partial charge in [-0.1, -0.05) is 24.3 Å². The highest BCUT2D eigenvalue weighted by molar-refractivity contribution is 7.81. The normalized spacial score (nSPS) is 28.5.